The average molecular weight is 353 g/mol. The highest BCUT2D eigenvalue weighted by atomic mass is 32.2. The van der Waals surface area contributed by atoms with Crippen molar-refractivity contribution in [2.45, 2.75) is 19.4 Å². The summed E-state index contributed by atoms with van der Waals surface area (Å²) in [6, 6.07) is 10.1. The molecular weight excluding hydrogens is 326 g/mol. The van der Waals surface area contributed by atoms with E-state index in [2.05, 4.69) is 5.32 Å². The molecule has 1 heterocycles. The predicted octanol–water partition coefficient (Wildman–Crippen LogP) is 0.906. The first kappa shape index (κ1) is 18.9. The first-order valence-electron chi connectivity index (χ1n) is 8.29. The Morgan fingerprint density at radius 3 is 2.46 bits per heavy atom. The molecule has 0 aliphatic carbocycles. The van der Waals surface area contributed by atoms with Gasteiger partial charge in [-0.3, -0.25) is 9.69 Å². The van der Waals surface area contributed by atoms with Crippen LogP contribution in [-0.2, 0) is 21.4 Å². The Kier molecular flexibility index (Phi) is 6.77. The van der Waals surface area contributed by atoms with Crippen LogP contribution < -0.4 is 5.32 Å². The maximum atomic E-state index is 12.1. The molecule has 1 fully saturated rings. The summed E-state index contributed by atoms with van der Waals surface area (Å²) in [5.41, 5.74) is 1.18. The quantitative estimate of drug-likeness (QED) is 0.791. The topological polar surface area (TPSA) is 69.7 Å². The number of carbonyl (C=O) groups is 1. The van der Waals surface area contributed by atoms with Gasteiger partial charge in [0.2, 0.25) is 15.9 Å². The average Bonchev–Trinajstić information content (AvgIpc) is 2.53. The zero-order valence-corrected chi connectivity index (χ0v) is 15.3. The molecule has 134 valence electrons. The number of sulfonamides is 1. The largest absolute Gasteiger partial charge is 0.355 e. The van der Waals surface area contributed by atoms with E-state index in [-0.39, 0.29) is 5.91 Å². The maximum absolute atomic E-state index is 12.1. The Morgan fingerprint density at radius 2 is 1.88 bits per heavy atom. The number of rotatable bonds is 7. The molecule has 0 unspecified atom stereocenters. The minimum absolute atomic E-state index is 0.0129. The van der Waals surface area contributed by atoms with Crippen molar-refractivity contribution < 1.29 is 13.2 Å². The maximum Gasteiger partial charge on any atom is 0.234 e. The Morgan fingerprint density at radius 1 is 1.25 bits per heavy atom. The zero-order chi connectivity index (χ0) is 17.6. The molecule has 2 rings (SSSR count). The van der Waals surface area contributed by atoms with Gasteiger partial charge in [0.15, 0.2) is 0 Å². The van der Waals surface area contributed by atoms with Crippen molar-refractivity contribution in [2.24, 2.45) is 5.92 Å². The lowest BCUT2D eigenvalue weighted by Crippen LogP contribution is -2.42. The number of hydrogen-bond acceptors (Lipinski definition) is 4. The lowest BCUT2D eigenvalue weighted by Gasteiger charge is -2.30. The van der Waals surface area contributed by atoms with E-state index >= 15 is 0 Å². The third-order valence-electron chi connectivity index (χ3n) is 4.34. The van der Waals surface area contributed by atoms with Crippen molar-refractivity contribution in [3.63, 3.8) is 0 Å². The third kappa shape index (κ3) is 6.22. The Hall–Kier alpha value is -1.44. The second-order valence-electron chi connectivity index (χ2n) is 6.57. The molecule has 1 aromatic rings. The molecule has 24 heavy (non-hydrogen) atoms. The van der Waals surface area contributed by atoms with Crippen LogP contribution in [-0.4, -0.2) is 63.0 Å². The number of carbonyl (C=O) groups excluding carboxylic acids is 1. The van der Waals surface area contributed by atoms with Crippen LogP contribution in [0.25, 0.3) is 0 Å². The van der Waals surface area contributed by atoms with E-state index in [0.29, 0.717) is 32.1 Å². The number of hydrogen-bond donors (Lipinski definition) is 1. The molecule has 0 bridgehead atoms. The van der Waals surface area contributed by atoms with E-state index in [4.69, 9.17) is 0 Å². The van der Waals surface area contributed by atoms with Crippen molar-refractivity contribution in [3.05, 3.63) is 35.9 Å². The summed E-state index contributed by atoms with van der Waals surface area (Å²) in [6.07, 6.45) is 2.85. The second kappa shape index (κ2) is 8.60. The lowest BCUT2D eigenvalue weighted by atomic mass is 9.98. The first-order valence-corrected chi connectivity index (χ1v) is 10.1. The van der Waals surface area contributed by atoms with E-state index in [1.807, 2.05) is 42.3 Å². The number of piperidine rings is 1. The van der Waals surface area contributed by atoms with Crippen molar-refractivity contribution in [3.8, 4) is 0 Å². The number of benzene rings is 1. The Labute approximate surface area is 144 Å². The first-order chi connectivity index (χ1) is 11.3. The molecule has 0 atom stereocenters. The minimum Gasteiger partial charge on any atom is -0.355 e. The van der Waals surface area contributed by atoms with Gasteiger partial charge in [0.1, 0.15) is 0 Å². The number of nitrogens with zero attached hydrogens (tertiary/aromatic N) is 2. The highest BCUT2D eigenvalue weighted by molar-refractivity contribution is 7.88. The molecule has 0 aromatic heterocycles. The summed E-state index contributed by atoms with van der Waals surface area (Å²) >= 11 is 0. The van der Waals surface area contributed by atoms with Crippen molar-refractivity contribution >= 4 is 15.9 Å². The van der Waals surface area contributed by atoms with Crippen molar-refractivity contribution in [1.82, 2.24) is 14.5 Å². The van der Waals surface area contributed by atoms with E-state index < -0.39 is 10.0 Å². The van der Waals surface area contributed by atoms with Crippen LogP contribution in [0.4, 0.5) is 0 Å². The standard InChI is InChI=1S/C17H27N3O3S/c1-19(13-16-6-4-3-5-7-16)14-17(21)18-12-15-8-10-20(11-9-15)24(2,22)23/h3-7,15H,8-14H2,1-2H3,(H,18,21). The number of nitrogens with one attached hydrogen (secondary N) is 1. The number of amides is 1. The molecular formula is C17H27N3O3S. The molecule has 1 aliphatic heterocycles. The van der Waals surface area contributed by atoms with Gasteiger partial charge in [0.25, 0.3) is 0 Å². The fraction of sp³-hybridized carbons (Fsp3) is 0.588. The Bertz CT molecular complexity index is 626. The van der Waals surface area contributed by atoms with E-state index in [1.165, 1.54) is 16.1 Å². The van der Waals surface area contributed by atoms with Gasteiger partial charge in [-0.1, -0.05) is 30.3 Å². The third-order valence-corrected chi connectivity index (χ3v) is 5.64. The van der Waals surface area contributed by atoms with E-state index in [0.717, 1.165) is 19.4 Å². The van der Waals surface area contributed by atoms with Gasteiger partial charge in [0, 0.05) is 26.2 Å². The molecule has 1 aliphatic rings. The summed E-state index contributed by atoms with van der Waals surface area (Å²) in [6.45, 7) is 2.81. The molecule has 1 saturated heterocycles. The van der Waals surface area contributed by atoms with Crippen molar-refractivity contribution in [2.75, 3.05) is 39.5 Å². The summed E-state index contributed by atoms with van der Waals surface area (Å²) in [7, 11) is -1.16. The monoisotopic (exact) mass is 353 g/mol. The summed E-state index contributed by atoms with van der Waals surface area (Å²) < 4.78 is 24.5. The van der Waals surface area contributed by atoms with Gasteiger partial charge >= 0.3 is 0 Å². The van der Waals surface area contributed by atoms with Crippen LogP contribution in [0.5, 0.6) is 0 Å². The van der Waals surface area contributed by atoms with Crippen LogP contribution in [0.1, 0.15) is 18.4 Å². The molecule has 1 amide bonds. The Balaban J connectivity index is 1.67. The van der Waals surface area contributed by atoms with Crippen LogP contribution in [0.3, 0.4) is 0 Å². The molecule has 0 spiro atoms. The van der Waals surface area contributed by atoms with Gasteiger partial charge in [-0.2, -0.15) is 0 Å². The second-order valence-corrected chi connectivity index (χ2v) is 8.55. The van der Waals surface area contributed by atoms with Gasteiger partial charge in [-0.05, 0) is 31.4 Å². The number of likely N-dealkylation sites (N-methyl/N-ethyl adjacent to an activating group) is 1. The van der Waals surface area contributed by atoms with E-state index in [9.17, 15) is 13.2 Å². The molecule has 6 nitrogen and oxygen atoms in total. The molecule has 7 heteroatoms. The highest BCUT2D eigenvalue weighted by Crippen LogP contribution is 2.18. The van der Waals surface area contributed by atoms with Crippen molar-refractivity contribution in [1.29, 1.82) is 0 Å². The highest BCUT2D eigenvalue weighted by Gasteiger charge is 2.25. The minimum atomic E-state index is -3.09. The van der Waals surface area contributed by atoms with Crippen LogP contribution in [0.15, 0.2) is 30.3 Å². The SMILES string of the molecule is CN(CC(=O)NCC1CCN(S(C)(=O)=O)CC1)Cc1ccccc1. The van der Waals surface area contributed by atoms with Gasteiger partial charge in [-0.15, -0.1) is 0 Å². The van der Waals surface area contributed by atoms with Gasteiger partial charge < -0.3 is 5.32 Å². The fourth-order valence-electron chi connectivity index (χ4n) is 2.96. The normalized spacial score (nSPS) is 17.1. The predicted molar refractivity (Wildman–Crippen MR) is 94.9 cm³/mol. The van der Waals surface area contributed by atoms with Gasteiger partial charge in [-0.25, -0.2) is 12.7 Å². The summed E-state index contributed by atoms with van der Waals surface area (Å²) in [5.74, 6) is 0.366. The molecule has 0 saturated carbocycles. The van der Waals surface area contributed by atoms with E-state index in [1.54, 1.807) is 0 Å². The summed E-state index contributed by atoms with van der Waals surface area (Å²) in [5, 5.41) is 2.97. The smallest absolute Gasteiger partial charge is 0.234 e. The van der Waals surface area contributed by atoms with Crippen LogP contribution >= 0.6 is 0 Å². The zero-order valence-electron chi connectivity index (χ0n) is 14.4. The fourth-order valence-corrected chi connectivity index (χ4v) is 3.83. The van der Waals surface area contributed by atoms with Gasteiger partial charge in [0.05, 0.1) is 12.8 Å². The molecule has 1 N–H and O–H groups in total. The lowest BCUT2D eigenvalue weighted by molar-refractivity contribution is -0.122. The van der Waals surface area contributed by atoms with Crippen LogP contribution in [0.2, 0.25) is 0 Å². The van der Waals surface area contributed by atoms with Crippen LogP contribution in [0, 0.1) is 5.92 Å². The summed E-state index contributed by atoms with van der Waals surface area (Å²) in [4.78, 5) is 14.0. The molecule has 1 aromatic carbocycles. The molecule has 0 radical (unpaired) electrons.